The van der Waals surface area contributed by atoms with Crippen molar-refractivity contribution in [2.24, 2.45) is 21.7 Å². The van der Waals surface area contributed by atoms with Crippen LogP contribution in [-0.4, -0.2) is 11.9 Å². The molecule has 0 amide bonds. The van der Waals surface area contributed by atoms with Crippen LogP contribution in [0.25, 0.3) is 0 Å². The average Bonchev–Trinajstić information content (AvgIpc) is 2.02. The first kappa shape index (κ1) is 29.4. The van der Waals surface area contributed by atoms with Crippen LogP contribution in [0.3, 0.4) is 0 Å². The van der Waals surface area contributed by atoms with E-state index >= 15 is 0 Å². The van der Waals surface area contributed by atoms with Gasteiger partial charge in [0.25, 0.3) is 0 Å². The van der Waals surface area contributed by atoms with Crippen LogP contribution in [0.15, 0.2) is 0 Å². The maximum absolute atomic E-state index is 10.4. The Morgan fingerprint density at radius 1 is 0.600 bits per heavy atom. The van der Waals surface area contributed by atoms with Gasteiger partial charge in [-0.2, -0.15) is 0 Å². The molecule has 152 valence electrons. The fourth-order valence-corrected chi connectivity index (χ4v) is 3.78. The zero-order chi connectivity index (χ0) is 20.0. The topological polar surface area (TPSA) is 80.3 Å². The first-order valence-electron chi connectivity index (χ1n) is 8.64. The molecular weight excluding hydrogens is 411 g/mol. The van der Waals surface area contributed by atoms with Gasteiger partial charge in [0.1, 0.15) is 0 Å². The van der Waals surface area contributed by atoms with Crippen molar-refractivity contribution < 1.29 is 40.2 Å². The van der Waals surface area contributed by atoms with Gasteiger partial charge in [-0.25, -0.2) is 0 Å². The van der Waals surface area contributed by atoms with Crippen LogP contribution in [0.5, 0.6) is 0 Å². The van der Waals surface area contributed by atoms with E-state index in [9.17, 15) is 19.8 Å². The van der Waals surface area contributed by atoms with Gasteiger partial charge in [-0.3, -0.25) is 0 Å². The molecule has 0 fully saturated rings. The van der Waals surface area contributed by atoms with E-state index in [1.54, 1.807) is 0 Å². The van der Waals surface area contributed by atoms with Gasteiger partial charge < -0.3 is 19.8 Å². The molecule has 0 radical (unpaired) electrons. The minimum absolute atomic E-state index is 0. The Morgan fingerprint density at radius 3 is 0.920 bits per heavy atom. The Kier molecular flexibility index (Phi) is 12.5. The summed E-state index contributed by atoms with van der Waals surface area (Å²) in [6.07, 6.45) is 2.08. The fraction of sp³-hybridized carbons (Fsp3) is 0.900. The Bertz CT molecular complexity index is 372. The van der Waals surface area contributed by atoms with Gasteiger partial charge in [-0.1, -0.05) is 69.2 Å². The Labute approximate surface area is 168 Å². The summed E-state index contributed by atoms with van der Waals surface area (Å²) in [6.45, 7) is 20.6. The third-order valence-corrected chi connectivity index (χ3v) is 3.26. The quantitative estimate of drug-likeness (QED) is 0.584. The Balaban J connectivity index is -0.000000372. The van der Waals surface area contributed by atoms with Gasteiger partial charge in [-0.15, -0.1) is 0 Å². The Hall–Kier alpha value is -0.398. The molecule has 0 aromatic carbocycles. The molecule has 25 heavy (non-hydrogen) atoms. The number of aliphatic carboxylic acids is 2. The third kappa shape index (κ3) is 23.6. The molecule has 0 aliphatic carbocycles. The molecule has 0 atom stereocenters. The van der Waals surface area contributed by atoms with Crippen LogP contribution in [0.4, 0.5) is 0 Å². The second-order valence-electron chi connectivity index (χ2n) is 10.9. The fourth-order valence-electron chi connectivity index (χ4n) is 3.78. The van der Waals surface area contributed by atoms with Crippen molar-refractivity contribution in [3.05, 3.63) is 0 Å². The van der Waals surface area contributed by atoms with Crippen molar-refractivity contribution in [3.8, 4) is 0 Å². The molecule has 0 aliphatic heterocycles. The number of carboxylic acid groups (broad SMARTS) is 2. The molecule has 0 unspecified atom stereocenters. The van der Waals surface area contributed by atoms with E-state index in [1.807, 2.05) is 27.7 Å². The maximum atomic E-state index is 10.4. The molecule has 0 aromatic heterocycles. The van der Waals surface area contributed by atoms with E-state index in [0.29, 0.717) is 0 Å². The monoisotopic (exact) mass is 448 g/mol. The summed E-state index contributed by atoms with van der Waals surface area (Å²) in [7, 11) is 0. The van der Waals surface area contributed by atoms with Crippen LogP contribution in [0.1, 0.15) is 94.9 Å². The molecule has 0 rings (SSSR count). The molecule has 0 saturated carbocycles. The minimum atomic E-state index is -0.954. The zero-order valence-electron chi connectivity index (χ0n) is 17.8. The molecule has 0 aromatic rings. The second-order valence-corrected chi connectivity index (χ2v) is 10.9. The van der Waals surface area contributed by atoms with Crippen molar-refractivity contribution in [2.75, 3.05) is 0 Å². The van der Waals surface area contributed by atoms with Crippen molar-refractivity contribution in [1.29, 1.82) is 0 Å². The van der Waals surface area contributed by atoms with Gasteiger partial charge in [0.05, 0.1) is 0 Å². The van der Waals surface area contributed by atoms with Crippen LogP contribution in [0.2, 0.25) is 0 Å². The van der Waals surface area contributed by atoms with E-state index in [1.165, 1.54) is 0 Å². The van der Waals surface area contributed by atoms with Gasteiger partial charge in [0.2, 0.25) is 0 Å². The number of hydrogen-bond donors (Lipinski definition) is 0. The molecule has 5 heteroatoms. The Morgan fingerprint density at radius 2 is 0.800 bits per heavy atom. The third-order valence-electron chi connectivity index (χ3n) is 3.26. The molecule has 0 aliphatic rings. The van der Waals surface area contributed by atoms with E-state index in [0.717, 1.165) is 12.8 Å². The molecular formula is C20H38O4Pd. The standard InChI is InChI=1S/2C10H20O2.Pd/c2*1-9(2,3)7-10(4,5)6-8(11)12;/h2*6-7H2,1-5H3,(H,11,12);/q;;+2/p-2. The predicted molar refractivity (Wildman–Crippen MR) is 95.0 cm³/mol. The van der Waals surface area contributed by atoms with E-state index in [2.05, 4.69) is 41.5 Å². The molecule has 4 nitrogen and oxygen atoms in total. The SMILES string of the molecule is CC(C)(C)CC(C)(C)CC(=O)[O-].CC(C)(C)CC(C)(C)CC(=O)[O-].[Pd+2]. The van der Waals surface area contributed by atoms with E-state index in [-0.39, 0.29) is 54.9 Å². The number of rotatable bonds is 6. The van der Waals surface area contributed by atoms with E-state index in [4.69, 9.17) is 0 Å². The summed E-state index contributed by atoms with van der Waals surface area (Å²) >= 11 is 0. The van der Waals surface area contributed by atoms with Gasteiger partial charge in [0, 0.05) is 11.9 Å². The van der Waals surface area contributed by atoms with Crippen LogP contribution < -0.4 is 10.2 Å². The molecule has 0 bridgehead atoms. The summed E-state index contributed by atoms with van der Waals surface area (Å²) in [6, 6.07) is 0. The smallest absolute Gasteiger partial charge is 0.550 e. The first-order chi connectivity index (χ1) is 10.2. The number of hydrogen-bond acceptors (Lipinski definition) is 4. The van der Waals surface area contributed by atoms with Gasteiger partial charge >= 0.3 is 20.4 Å². The summed E-state index contributed by atoms with van der Waals surface area (Å²) in [5.41, 5.74) is 0.0477. The van der Waals surface area contributed by atoms with Crippen molar-refractivity contribution in [3.63, 3.8) is 0 Å². The van der Waals surface area contributed by atoms with Crippen molar-refractivity contribution >= 4 is 11.9 Å². The van der Waals surface area contributed by atoms with Crippen molar-refractivity contribution in [1.82, 2.24) is 0 Å². The number of carbonyl (C=O) groups is 2. The summed E-state index contributed by atoms with van der Waals surface area (Å²) < 4.78 is 0. The molecule has 0 saturated heterocycles. The zero-order valence-corrected chi connectivity index (χ0v) is 19.3. The first-order valence-corrected chi connectivity index (χ1v) is 8.64. The van der Waals surface area contributed by atoms with Gasteiger partial charge in [-0.05, 0) is 47.3 Å². The second kappa shape index (κ2) is 10.7. The normalized spacial score (nSPS) is 12.6. The van der Waals surface area contributed by atoms with Crippen LogP contribution in [0, 0.1) is 21.7 Å². The molecule has 0 N–H and O–H groups in total. The maximum Gasteiger partial charge on any atom is 2.00 e. The molecule has 0 spiro atoms. The number of carbonyl (C=O) groups excluding carboxylic acids is 2. The largest absolute Gasteiger partial charge is 2.00 e. The summed E-state index contributed by atoms with van der Waals surface area (Å²) in [5.74, 6) is -1.91. The van der Waals surface area contributed by atoms with Crippen LogP contribution >= 0.6 is 0 Å². The van der Waals surface area contributed by atoms with Crippen LogP contribution in [-0.2, 0) is 30.0 Å². The number of carboxylic acids is 2. The predicted octanol–water partition coefficient (Wildman–Crippen LogP) is 3.18. The van der Waals surface area contributed by atoms with Gasteiger partial charge in [0.15, 0.2) is 0 Å². The minimum Gasteiger partial charge on any atom is -0.550 e. The summed E-state index contributed by atoms with van der Waals surface area (Å²) in [5, 5.41) is 20.8. The van der Waals surface area contributed by atoms with E-state index < -0.39 is 11.9 Å². The molecule has 0 heterocycles. The summed E-state index contributed by atoms with van der Waals surface area (Å²) in [4.78, 5) is 20.8. The average molecular weight is 449 g/mol. The van der Waals surface area contributed by atoms with Crippen molar-refractivity contribution in [2.45, 2.75) is 94.9 Å².